The fourth-order valence-corrected chi connectivity index (χ4v) is 2.83. The van der Waals surface area contributed by atoms with Gasteiger partial charge in [-0.3, -0.25) is 18.8 Å². The van der Waals surface area contributed by atoms with Gasteiger partial charge in [-0.25, -0.2) is 4.98 Å². The molecule has 7 heteroatoms. The summed E-state index contributed by atoms with van der Waals surface area (Å²) in [5.74, 6) is -0.201. The summed E-state index contributed by atoms with van der Waals surface area (Å²) in [6.45, 7) is 4.88. The minimum Gasteiger partial charge on any atom is -0.350 e. The van der Waals surface area contributed by atoms with Crippen LogP contribution >= 0.6 is 0 Å². The highest BCUT2D eigenvalue weighted by Crippen LogP contribution is 2.17. The van der Waals surface area contributed by atoms with E-state index in [-0.39, 0.29) is 18.0 Å². The molecule has 0 unspecified atom stereocenters. The molecule has 7 nitrogen and oxygen atoms in total. The summed E-state index contributed by atoms with van der Waals surface area (Å²) in [5.41, 5.74) is 3.37. The number of amides is 1. The summed E-state index contributed by atoms with van der Waals surface area (Å²) in [6, 6.07) is 0. The topological polar surface area (TPSA) is 81.8 Å². The third kappa shape index (κ3) is 3.18. The van der Waals surface area contributed by atoms with Crippen molar-refractivity contribution < 1.29 is 4.79 Å². The van der Waals surface area contributed by atoms with Crippen molar-refractivity contribution in [2.45, 2.75) is 52.7 Å². The van der Waals surface area contributed by atoms with Gasteiger partial charge >= 0.3 is 0 Å². The number of hydrogen-bond donors (Lipinski definition) is 1. The molecule has 0 radical (unpaired) electrons. The van der Waals surface area contributed by atoms with Crippen molar-refractivity contribution in [3.05, 3.63) is 45.4 Å². The average molecular weight is 315 g/mol. The third-order valence-electron chi connectivity index (χ3n) is 4.37. The zero-order chi connectivity index (χ0) is 16.4. The maximum absolute atomic E-state index is 12.1. The van der Waals surface area contributed by atoms with Crippen molar-refractivity contribution in [2.75, 3.05) is 0 Å². The number of fused-ring (bicyclic) bond motifs is 1. The second-order valence-electron chi connectivity index (χ2n) is 5.96. The molecule has 1 amide bonds. The molecular weight excluding hydrogens is 294 g/mol. The first-order chi connectivity index (χ1) is 11.1. The van der Waals surface area contributed by atoms with Crippen molar-refractivity contribution in [1.29, 1.82) is 0 Å². The zero-order valence-electron chi connectivity index (χ0n) is 13.5. The highest BCUT2D eigenvalue weighted by atomic mass is 16.2. The number of nitrogens with one attached hydrogen (secondary N) is 1. The van der Waals surface area contributed by atoms with Crippen LogP contribution < -0.4 is 10.9 Å². The SMILES string of the molecule is Cc1ncn(CC(=O)NCc2cnn3c2CCCC3)c(=O)c1C. The maximum Gasteiger partial charge on any atom is 0.256 e. The molecule has 2 aromatic heterocycles. The van der Waals surface area contributed by atoms with Crippen LogP contribution in [0.1, 0.15) is 35.4 Å². The summed E-state index contributed by atoms with van der Waals surface area (Å²) < 4.78 is 3.36. The van der Waals surface area contributed by atoms with Crippen LogP contribution in [-0.4, -0.2) is 25.2 Å². The van der Waals surface area contributed by atoms with Crippen molar-refractivity contribution in [3.8, 4) is 0 Å². The number of nitrogens with zero attached hydrogens (tertiary/aromatic N) is 4. The molecule has 0 saturated heterocycles. The quantitative estimate of drug-likeness (QED) is 0.901. The van der Waals surface area contributed by atoms with E-state index in [0.717, 1.165) is 31.4 Å². The first kappa shape index (κ1) is 15.5. The number of aromatic nitrogens is 4. The standard InChI is InChI=1S/C16H21N5O2/c1-11-12(2)18-10-20(16(11)23)9-15(22)17-7-13-8-19-21-6-4-3-5-14(13)21/h8,10H,3-7,9H2,1-2H3,(H,17,22). The Morgan fingerprint density at radius 1 is 1.35 bits per heavy atom. The van der Waals surface area contributed by atoms with Gasteiger partial charge in [-0.05, 0) is 33.1 Å². The number of rotatable bonds is 4. The second kappa shape index (κ2) is 6.36. The molecule has 2 aromatic rings. The molecule has 1 aliphatic heterocycles. The van der Waals surface area contributed by atoms with Crippen LogP contribution in [0.5, 0.6) is 0 Å². The summed E-state index contributed by atoms with van der Waals surface area (Å²) in [6.07, 6.45) is 6.57. The largest absolute Gasteiger partial charge is 0.350 e. The second-order valence-corrected chi connectivity index (χ2v) is 5.96. The molecule has 3 heterocycles. The summed E-state index contributed by atoms with van der Waals surface area (Å²) in [5, 5.41) is 7.22. The third-order valence-corrected chi connectivity index (χ3v) is 4.37. The van der Waals surface area contributed by atoms with Crippen LogP contribution in [0, 0.1) is 13.8 Å². The van der Waals surface area contributed by atoms with E-state index in [1.165, 1.54) is 16.6 Å². The number of carbonyl (C=O) groups is 1. The van der Waals surface area contributed by atoms with Crippen LogP contribution in [-0.2, 0) is 30.8 Å². The Labute approximate surface area is 134 Å². The smallest absolute Gasteiger partial charge is 0.256 e. The molecule has 0 fully saturated rings. The van der Waals surface area contributed by atoms with Gasteiger partial charge in [-0.1, -0.05) is 0 Å². The molecule has 122 valence electrons. The summed E-state index contributed by atoms with van der Waals surface area (Å²) >= 11 is 0. The molecule has 23 heavy (non-hydrogen) atoms. The Bertz CT molecular complexity index is 790. The zero-order valence-corrected chi connectivity index (χ0v) is 13.5. The van der Waals surface area contributed by atoms with E-state index < -0.39 is 0 Å². The van der Waals surface area contributed by atoms with Gasteiger partial charge < -0.3 is 5.32 Å². The van der Waals surface area contributed by atoms with E-state index in [2.05, 4.69) is 15.4 Å². The lowest BCUT2D eigenvalue weighted by atomic mass is 10.1. The minimum absolute atomic E-state index is 0.0174. The Kier molecular flexibility index (Phi) is 4.27. The van der Waals surface area contributed by atoms with E-state index in [1.54, 1.807) is 13.8 Å². The lowest BCUT2D eigenvalue weighted by molar-refractivity contribution is -0.121. The van der Waals surface area contributed by atoms with Crippen LogP contribution in [0.3, 0.4) is 0 Å². The van der Waals surface area contributed by atoms with Gasteiger partial charge in [0.1, 0.15) is 6.54 Å². The number of carbonyl (C=O) groups excluding carboxylic acids is 1. The van der Waals surface area contributed by atoms with Gasteiger partial charge in [0, 0.05) is 35.6 Å². The maximum atomic E-state index is 12.1. The van der Waals surface area contributed by atoms with Crippen LogP contribution in [0.2, 0.25) is 0 Å². The first-order valence-electron chi connectivity index (χ1n) is 7.89. The van der Waals surface area contributed by atoms with Crippen LogP contribution in [0.15, 0.2) is 17.3 Å². The van der Waals surface area contributed by atoms with Crippen LogP contribution in [0.4, 0.5) is 0 Å². The van der Waals surface area contributed by atoms with E-state index >= 15 is 0 Å². The van der Waals surface area contributed by atoms with Gasteiger partial charge in [0.2, 0.25) is 5.91 Å². The van der Waals surface area contributed by atoms with Crippen LogP contribution in [0.25, 0.3) is 0 Å². The molecule has 0 bridgehead atoms. The Hall–Kier alpha value is -2.44. The van der Waals surface area contributed by atoms with Gasteiger partial charge in [0.05, 0.1) is 12.5 Å². The predicted molar refractivity (Wildman–Crippen MR) is 85.0 cm³/mol. The van der Waals surface area contributed by atoms with Crippen molar-refractivity contribution in [3.63, 3.8) is 0 Å². The fraction of sp³-hybridized carbons (Fsp3) is 0.500. The van der Waals surface area contributed by atoms with Gasteiger partial charge in [-0.2, -0.15) is 5.10 Å². The molecule has 3 rings (SSSR count). The lowest BCUT2D eigenvalue weighted by Crippen LogP contribution is -2.33. The predicted octanol–water partition coefficient (Wildman–Crippen LogP) is 0.709. The van der Waals surface area contributed by atoms with E-state index in [1.807, 2.05) is 10.9 Å². The molecule has 0 atom stereocenters. The van der Waals surface area contributed by atoms with E-state index in [9.17, 15) is 9.59 Å². The minimum atomic E-state index is -0.201. The van der Waals surface area contributed by atoms with E-state index in [4.69, 9.17) is 0 Å². The molecule has 0 aromatic carbocycles. The van der Waals surface area contributed by atoms with Gasteiger partial charge in [-0.15, -0.1) is 0 Å². The molecule has 1 aliphatic rings. The lowest BCUT2D eigenvalue weighted by Gasteiger charge is -2.15. The molecule has 0 spiro atoms. The highest BCUT2D eigenvalue weighted by molar-refractivity contribution is 5.75. The van der Waals surface area contributed by atoms with Gasteiger partial charge in [0.25, 0.3) is 5.56 Å². The molecular formula is C16H21N5O2. The van der Waals surface area contributed by atoms with Crippen molar-refractivity contribution in [1.82, 2.24) is 24.6 Å². The molecule has 1 N–H and O–H groups in total. The first-order valence-corrected chi connectivity index (χ1v) is 7.89. The average Bonchev–Trinajstić information content (AvgIpc) is 2.97. The van der Waals surface area contributed by atoms with Gasteiger partial charge in [0.15, 0.2) is 0 Å². The number of aryl methyl sites for hydroxylation is 2. The summed E-state index contributed by atoms with van der Waals surface area (Å²) in [4.78, 5) is 28.3. The molecule has 0 aliphatic carbocycles. The van der Waals surface area contributed by atoms with E-state index in [0.29, 0.717) is 17.8 Å². The Morgan fingerprint density at radius 2 is 2.17 bits per heavy atom. The highest BCUT2D eigenvalue weighted by Gasteiger charge is 2.15. The normalized spacial score (nSPS) is 13.7. The Balaban J connectivity index is 1.63. The summed E-state index contributed by atoms with van der Waals surface area (Å²) in [7, 11) is 0. The monoisotopic (exact) mass is 315 g/mol. The fourth-order valence-electron chi connectivity index (χ4n) is 2.83. The molecule has 0 saturated carbocycles. The van der Waals surface area contributed by atoms with Crippen molar-refractivity contribution in [2.24, 2.45) is 0 Å². The number of hydrogen-bond acceptors (Lipinski definition) is 4. The Morgan fingerprint density at radius 3 is 3.00 bits per heavy atom. The van der Waals surface area contributed by atoms with Crippen molar-refractivity contribution >= 4 is 5.91 Å².